The summed E-state index contributed by atoms with van der Waals surface area (Å²) < 4.78 is 10.7. The van der Waals surface area contributed by atoms with E-state index >= 15 is 0 Å². The van der Waals surface area contributed by atoms with Crippen LogP contribution >= 0.6 is 11.3 Å². The summed E-state index contributed by atoms with van der Waals surface area (Å²) in [5.41, 5.74) is 21.1. The molecule has 3 aromatic heterocycles. The number of rotatable bonds is 4. The van der Waals surface area contributed by atoms with Crippen molar-refractivity contribution < 1.29 is 4.42 Å². The maximum atomic E-state index is 6.73. The van der Waals surface area contributed by atoms with E-state index in [1.165, 1.54) is 98.3 Å². The number of thiophene rings is 1. The number of para-hydroxylation sites is 1. The Kier molecular flexibility index (Phi) is 9.64. The van der Waals surface area contributed by atoms with Crippen molar-refractivity contribution in [2.75, 3.05) is 9.80 Å². The van der Waals surface area contributed by atoms with Crippen molar-refractivity contribution in [2.24, 2.45) is 5.41 Å². The van der Waals surface area contributed by atoms with Crippen LogP contribution in [0.15, 0.2) is 161 Å². The number of furan rings is 1. The van der Waals surface area contributed by atoms with Gasteiger partial charge in [0.05, 0.1) is 16.6 Å². The van der Waals surface area contributed by atoms with Crippen LogP contribution in [0.1, 0.15) is 113 Å². The third-order valence-electron chi connectivity index (χ3n) is 16.2. The number of allylic oxidation sites excluding steroid dienone is 4. The van der Waals surface area contributed by atoms with E-state index in [-0.39, 0.29) is 28.4 Å². The predicted molar refractivity (Wildman–Crippen MR) is 312 cm³/mol. The van der Waals surface area contributed by atoms with Gasteiger partial charge in [-0.15, -0.1) is 11.3 Å². The molecule has 0 N–H and O–H groups in total. The number of anilines is 5. The highest BCUT2D eigenvalue weighted by atomic mass is 32.1. The Balaban J connectivity index is 1.16. The highest BCUT2D eigenvalue weighted by Gasteiger charge is 2.45. The molecule has 0 saturated carbocycles. The summed E-state index contributed by atoms with van der Waals surface area (Å²) in [5.74, 6) is 0. The lowest BCUT2D eigenvalue weighted by molar-refractivity contribution is 0.479. The molecule has 13 rings (SSSR count). The number of aromatic nitrogens is 1. The Morgan fingerprint density at radius 1 is 0.500 bits per heavy atom. The first-order valence-electron chi connectivity index (χ1n) is 26.1. The maximum absolute atomic E-state index is 6.73. The first-order chi connectivity index (χ1) is 34.2. The van der Waals surface area contributed by atoms with E-state index in [2.05, 4.69) is 243 Å². The molecule has 0 atom stereocenters. The van der Waals surface area contributed by atoms with Crippen molar-refractivity contribution in [2.45, 2.75) is 112 Å². The highest BCUT2D eigenvalue weighted by molar-refractivity contribution is 7.26. The van der Waals surface area contributed by atoms with Crippen LogP contribution in [0.25, 0.3) is 58.8 Å². The quantitative estimate of drug-likeness (QED) is 0.164. The number of nitrogens with zero attached hydrogens (tertiary/aromatic N) is 3. The molecule has 0 radical (unpaired) electrons. The fraction of sp³-hybridized carbons (Fsp3) is 0.273. The van der Waals surface area contributed by atoms with Crippen LogP contribution in [0.5, 0.6) is 0 Å². The maximum Gasteiger partial charge on any atom is 0.252 e. The summed E-state index contributed by atoms with van der Waals surface area (Å²) in [6, 6.07) is 51.2. The average Bonchev–Trinajstić information content (AvgIpc) is 4.01. The molecular weight excluding hydrogens is 894 g/mol. The third-order valence-corrected chi connectivity index (χ3v) is 17.3. The van der Waals surface area contributed by atoms with Crippen molar-refractivity contribution in [1.29, 1.82) is 0 Å². The van der Waals surface area contributed by atoms with Gasteiger partial charge in [0.25, 0.3) is 6.71 Å². The lowest BCUT2D eigenvalue weighted by Crippen LogP contribution is -2.60. The second-order valence-corrected chi connectivity index (χ2v) is 26.0. The van der Waals surface area contributed by atoms with E-state index in [0.717, 1.165) is 46.2 Å². The van der Waals surface area contributed by atoms with Gasteiger partial charge in [0, 0.05) is 60.4 Å². The molecule has 4 nitrogen and oxygen atoms in total. The fourth-order valence-electron chi connectivity index (χ4n) is 12.2. The SMILES string of the molecule is CC(C)(C)C1=CC=C(N(c2ccc(C(C)(C)C)cc2)c2ccc3c(c2)N(c2cccc4oc5ccccc5c24)c2cc(C(C)(C)C)cc4c2B3c2cc(C(C)(C)C)cc3c5c6ccccc6sc5n-4c23)CC1. The summed E-state index contributed by atoms with van der Waals surface area (Å²) in [6.45, 7) is 28.1. The molecule has 0 saturated heterocycles. The van der Waals surface area contributed by atoms with Crippen LogP contribution < -0.4 is 26.2 Å². The molecule has 0 spiro atoms. The summed E-state index contributed by atoms with van der Waals surface area (Å²) in [4.78, 5) is 6.49. The van der Waals surface area contributed by atoms with E-state index in [9.17, 15) is 0 Å². The molecule has 7 aromatic carbocycles. The van der Waals surface area contributed by atoms with E-state index in [4.69, 9.17) is 4.42 Å². The monoisotopic (exact) mass is 957 g/mol. The van der Waals surface area contributed by atoms with Gasteiger partial charge in [-0.3, -0.25) is 0 Å². The normalized spacial score (nSPS) is 14.9. The molecular formula is C66H64BN3OS. The molecule has 10 aromatic rings. The van der Waals surface area contributed by atoms with Crippen LogP contribution in [-0.4, -0.2) is 11.3 Å². The van der Waals surface area contributed by atoms with E-state index < -0.39 is 0 Å². The molecule has 0 unspecified atom stereocenters. The van der Waals surface area contributed by atoms with Crippen LogP contribution in [0.3, 0.4) is 0 Å². The van der Waals surface area contributed by atoms with Gasteiger partial charge in [0.15, 0.2) is 0 Å². The van der Waals surface area contributed by atoms with Gasteiger partial charge in [-0.2, -0.15) is 0 Å². The zero-order chi connectivity index (χ0) is 50.0. The Bertz CT molecular complexity index is 3980. The smallest absolute Gasteiger partial charge is 0.252 e. The molecule has 1 aliphatic carbocycles. The predicted octanol–water partition coefficient (Wildman–Crippen LogP) is 17.2. The van der Waals surface area contributed by atoms with Crippen LogP contribution in [0.2, 0.25) is 0 Å². The Labute approximate surface area is 429 Å². The number of hydrogen-bond acceptors (Lipinski definition) is 4. The molecule has 0 fully saturated rings. The summed E-state index contributed by atoms with van der Waals surface area (Å²) >= 11 is 1.93. The van der Waals surface area contributed by atoms with Crippen molar-refractivity contribution in [3.8, 4) is 5.69 Å². The fourth-order valence-corrected chi connectivity index (χ4v) is 13.4. The Morgan fingerprint density at radius 2 is 1.17 bits per heavy atom. The second-order valence-electron chi connectivity index (χ2n) is 25.0. The Hall–Kier alpha value is -6.76. The van der Waals surface area contributed by atoms with Crippen LogP contribution in [0, 0.1) is 5.41 Å². The van der Waals surface area contributed by atoms with Crippen molar-refractivity contribution in [3.05, 3.63) is 174 Å². The molecule has 5 heterocycles. The summed E-state index contributed by atoms with van der Waals surface area (Å²) in [7, 11) is 0. The molecule has 6 heteroatoms. The van der Waals surface area contributed by atoms with Gasteiger partial charge in [-0.25, -0.2) is 0 Å². The van der Waals surface area contributed by atoms with Crippen LogP contribution in [-0.2, 0) is 16.2 Å². The number of fused-ring (bicyclic) bond motifs is 12. The first kappa shape index (κ1) is 45.1. The average molecular weight is 958 g/mol. The van der Waals surface area contributed by atoms with Crippen molar-refractivity contribution >= 4 is 116 Å². The molecule has 2 aliphatic heterocycles. The van der Waals surface area contributed by atoms with Gasteiger partial charge in [0.1, 0.15) is 16.0 Å². The lowest BCUT2D eigenvalue weighted by atomic mass is 9.33. The summed E-state index contributed by atoms with van der Waals surface area (Å²) in [6.07, 6.45) is 6.78. The van der Waals surface area contributed by atoms with Gasteiger partial charge in [-0.1, -0.05) is 161 Å². The number of benzene rings is 7. The Morgan fingerprint density at radius 3 is 1.88 bits per heavy atom. The molecule has 358 valence electrons. The zero-order valence-corrected chi connectivity index (χ0v) is 44.8. The minimum atomic E-state index is -0.145. The molecule has 0 amide bonds. The van der Waals surface area contributed by atoms with Crippen LogP contribution in [0.4, 0.5) is 28.4 Å². The molecule has 72 heavy (non-hydrogen) atoms. The highest BCUT2D eigenvalue weighted by Crippen LogP contribution is 2.51. The van der Waals surface area contributed by atoms with E-state index in [1.54, 1.807) is 0 Å². The lowest BCUT2D eigenvalue weighted by Gasteiger charge is -2.42. The number of hydrogen-bond donors (Lipinski definition) is 0. The minimum Gasteiger partial charge on any atom is -0.456 e. The van der Waals surface area contributed by atoms with Crippen molar-refractivity contribution in [1.82, 2.24) is 4.57 Å². The van der Waals surface area contributed by atoms with E-state index in [0.29, 0.717) is 0 Å². The first-order valence-corrected chi connectivity index (χ1v) is 26.9. The third kappa shape index (κ3) is 6.77. The van der Waals surface area contributed by atoms with Gasteiger partial charge in [0.2, 0.25) is 0 Å². The molecule has 0 bridgehead atoms. The minimum absolute atomic E-state index is 0.0251. The second kappa shape index (κ2) is 15.4. The largest absolute Gasteiger partial charge is 0.456 e. The van der Waals surface area contributed by atoms with Gasteiger partial charge < -0.3 is 18.8 Å². The van der Waals surface area contributed by atoms with Crippen molar-refractivity contribution in [3.63, 3.8) is 0 Å². The topological polar surface area (TPSA) is 24.6 Å². The van der Waals surface area contributed by atoms with E-state index in [1.807, 2.05) is 11.3 Å². The summed E-state index contributed by atoms with van der Waals surface area (Å²) in [5, 5.41) is 6.31. The van der Waals surface area contributed by atoms with Gasteiger partial charge in [-0.05, 0) is 140 Å². The molecule has 3 aliphatic rings. The van der Waals surface area contributed by atoms with Gasteiger partial charge >= 0.3 is 0 Å². The standard InChI is InChI=1S/C66H64BN3OS/c1-63(2,3)39-24-28-43(29-25-39)68(44-30-26-40(27-31-44)64(4,5)6)45-32-33-49-52(38-45)69(51-20-17-22-56-59(51)46-18-13-15-21-55(46)71-56)53-36-42(66(10,11)12)37-54-60(53)67(49)50-35-41(65(7,8)9)34-48-58-47-19-14-16-23-57(47)72-62(58)70(54)61(48)50/h13-26,28-30,32-38H,27,31H2,1-12H3. The zero-order valence-electron chi connectivity index (χ0n) is 44.0.